The molecule has 1 aromatic carbocycles. The third kappa shape index (κ3) is 5.69. The van der Waals surface area contributed by atoms with Gasteiger partial charge in [-0.1, -0.05) is 55.5 Å². The fourth-order valence-electron chi connectivity index (χ4n) is 2.36. The lowest BCUT2D eigenvalue weighted by Crippen LogP contribution is -2.31. The predicted octanol–water partition coefficient (Wildman–Crippen LogP) is 4.22. The molecule has 27 heavy (non-hydrogen) atoms. The Kier molecular flexibility index (Phi) is 7.65. The summed E-state index contributed by atoms with van der Waals surface area (Å²) in [7, 11) is 1.60. The van der Waals surface area contributed by atoms with E-state index in [0.717, 1.165) is 11.4 Å². The Balaban J connectivity index is 2.14. The molecule has 2 unspecified atom stereocenters. The van der Waals surface area contributed by atoms with Crippen LogP contribution in [0.1, 0.15) is 60.6 Å². The number of methoxy groups -OCH3 is 1. The summed E-state index contributed by atoms with van der Waals surface area (Å²) in [6.07, 6.45) is 4.16. The number of amides is 1. The van der Waals surface area contributed by atoms with Gasteiger partial charge in [0.15, 0.2) is 11.1 Å². The highest BCUT2D eigenvalue weighted by molar-refractivity contribution is 7.11. The topological polar surface area (TPSA) is 73.3 Å². The number of allylic oxidation sites excluding steroid dienone is 2. The van der Waals surface area contributed by atoms with Crippen LogP contribution >= 0.6 is 11.3 Å². The van der Waals surface area contributed by atoms with Crippen LogP contribution in [0.3, 0.4) is 0 Å². The average Bonchev–Trinajstić information content (AvgIpc) is 3.17. The molecule has 146 valence electrons. The van der Waals surface area contributed by atoms with E-state index in [9.17, 15) is 4.79 Å². The molecule has 0 spiro atoms. The molecule has 6 nitrogen and oxygen atoms in total. The molecule has 0 fully saturated rings. The van der Waals surface area contributed by atoms with Gasteiger partial charge < -0.3 is 4.74 Å². The number of hydrogen-bond donors (Lipinski definition) is 1. The van der Waals surface area contributed by atoms with Gasteiger partial charge in [-0.2, -0.15) is 0 Å². The molecule has 1 heterocycles. The second kappa shape index (κ2) is 9.73. The van der Waals surface area contributed by atoms with Gasteiger partial charge >= 0.3 is 0 Å². The summed E-state index contributed by atoms with van der Waals surface area (Å²) in [6.45, 7) is 8.13. The number of nitrogens with zero attached hydrogens (tertiary/aromatic N) is 2. The fourth-order valence-corrected chi connectivity index (χ4v) is 3.44. The Morgan fingerprint density at radius 1 is 1.30 bits per heavy atom. The van der Waals surface area contributed by atoms with Crippen LogP contribution in [-0.2, 0) is 15.0 Å². The van der Waals surface area contributed by atoms with E-state index in [2.05, 4.69) is 35.6 Å². The smallest absolute Gasteiger partial charge is 0.274 e. The molecule has 7 heteroatoms. The van der Waals surface area contributed by atoms with Crippen molar-refractivity contribution in [2.75, 3.05) is 7.11 Å². The van der Waals surface area contributed by atoms with Crippen molar-refractivity contribution in [1.82, 2.24) is 15.7 Å². The van der Waals surface area contributed by atoms with Crippen molar-refractivity contribution in [3.8, 4) is 0 Å². The third-order valence-electron chi connectivity index (χ3n) is 4.24. The molecular weight excluding hydrogens is 362 g/mol. The molecule has 1 N–H and O–H groups in total. The first-order chi connectivity index (χ1) is 12.9. The molecule has 2 rings (SSSR count). The van der Waals surface area contributed by atoms with Gasteiger partial charge in [0.1, 0.15) is 5.01 Å². The van der Waals surface area contributed by atoms with E-state index < -0.39 is 6.10 Å². The van der Waals surface area contributed by atoms with Gasteiger partial charge in [-0.25, -0.2) is 5.48 Å². The second-order valence-corrected chi connectivity index (χ2v) is 7.89. The van der Waals surface area contributed by atoms with Crippen LogP contribution in [-0.4, -0.2) is 29.3 Å². The third-order valence-corrected chi connectivity index (χ3v) is 5.59. The minimum Gasteiger partial charge on any atom is -0.378 e. The van der Waals surface area contributed by atoms with Crippen molar-refractivity contribution in [2.24, 2.45) is 0 Å². The molecule has 2 aromatic rings. The van der Waals surface area contributed by atoms with E-state index >= 15 is 0 Å². The van der Waals surface area contributed by atoms with E-state index in [4.69, 9.17) is 9.57 Å². The maximum Gasteiger partial charge on any atom is 0.274 e. The molecule has 0 bridgehead atoms. The monoisotopic (exact) mass is 389 g/mol. The maximum absolute atomic E-state index is 12.3. The van der Waals surface area contributed by atoms with Crippen molar-refractivity contribution in [2.45, 2.75) is 51.7 Å². The minimum absolute atomic E-state index is 0.128. The summed E-state index contributed by atoms with van der Waals surface area (Å²) >= 11 is 1.48. The Morgan fingerprint density at radius 3 is 2.63 bits per heavy atom. The fraction of sp³-hybridized carbons (Fsp3) is 0.450. The van der Waals surface area contributed by atoms with E-state index in [1.807, 2.05) is 26.0 Å². The van der Waals surface area contributed by atoms with Crippen molar-refractivity contribution in [3.63, 3.8) is 0 Å². The zero-order chi connectivity index (χ0) is 19.9. The quantitative estimate of drug-likeness (QED) is 0.513. The highest BCUT2D eigenvalue weighted by Gasteiger charge is 2.30. The highest BCUT2D eigenvalue weighted by atomic mass is 32.1. The number of hydroxylamine groups is 1. The van der Waals surface area contributed by atoms with Gasteiger partial charge in [0.2, 0.25) is 0 Å². The van der Waals surface area contributed by atoms with E-state index in [1.165, 1.54) is 11.3 Å². The number of ether oxygens (including phenoxy) is 1. The van der Waals surface area contributed by atoms with Gasteiger partial charge in [0.05, 0.1) is 6.10 Å². The van der Waals surface area contributed by atoms with Crippen LogP contribution in [0.2, 0.25) is 0 Å². The van der Waals surface area contributed by atoms with Crippen LogP contribution < -0.4 is 5.48 Å². The first-order valence-electron chi connectivity index (χ1n) is 8.88. The number of carbonyl (C=O) groups is 1. The Bertz CT molecular complexity index is 759. The zero-order valence-corrected chi connectivity index (χ0v) is 17.2. The van der Waals surface area contributed by atoms with Gasteiger partial charge in [0, 0.05) is 18.1 Å². The first kappa shape index (κ1) is 21.2. The molecule has 1 aromatic heterocycles. The van der Waals surface area contributed by atoms with Crippen molar-refractivity contribution in [3.05, 3.63) is 58.1 Å². The number of aromatic nitrogens is 2. The van der Waals surface area contributed by atoms with Crippen molar-refractivity contribution in [1.29, 1.82) is 0 Å². The first-order valence-corrected chi connectivity index (χ1v) is 9.69. The van der Waals surface area contributed by atoms with Crippen LogP contribution in [0.5, 0.6) is 0 Å². The summed E-state index contributed by atoms with van der Waals surface area (Å²) in [5.74, 6) is -0.318. The van der Waals surface area contributed by atoms with Crippen molar-refractivity contribution >= 4 is 17.2 Å². The molecule has 0 saturated heterocycles. The molecule has 2 atom stereocenters. The van der Waals surface area contributed by atoms with E-state index in [0.29, 0.717) is 10.6 Å². The number of benzene rings is 1. The second-order valence-electron chi connectivity index (χ2n) is 6.88. The molecule has 0 aliphatic carbocycles. The molecule has 0 radical (unpaired) electrons. The lowest BCUT2D eigenvalue weighted by atomic mass is 9.90. The zero-order valence-electron chi connectivity index (χ0n) is 16.4. The summed E-state index contributed by atoms with van der Waals surface area (Å²) in [6, 6.07) is 8.90. The Labute approximate surface area is 164 Å². The normalized spacial score (nSPS) is 14.3. The number of nitrogens with one attached hydrogen (secondary N) is 1. The number of hydrogen-bond acceptors (Lipinski definition) is 6. The van der Waals surface area contributed by atoms with E-state index in [1.54, 1.807) is 31.4 Å². The van der Waals surface area contributed by atoms with Gasteiger partial charge in [0.25, 0.3) is 5.91 Å². The standard InChI is InChI=1S/C20H27N3O3S/c1-6-7-13-20(3,4)19-22-21-18(27-19)16(14(2)25-5)26-23-17(24)15-11-9-8-10-12-15/h6-12,14,16H,13H2,1-5H3,(H,23,24)/b7-6+. The summed E-state index contributed by atoms with van der Waals surface area (Å²) in [5.41, 5.74) is 2.90. The Morgan fingerprint density at radius 2 is 2.00 bits per heavy atom. The van der Waals surface area contributed by atoms with Crippen LogP contribution in [0.4, 0.5) is 0 Å². The lowest BCUT2D eigenvalue weighted by molar-refractivity contribution is -0.0851. The van der Waals surface area contributed by atoms with Crippen LogP contribution in [0.15, 0.2) is 42.5 Å². The minimum atomic E-state index is -0.550. The van der Waals surface area contributed by atoms with Crippen LogP contribution in [0, 0.1) is 0 Å². The summed E-state index contributed by atoms with van der Waals surface area (Å²) in [4.78, 5) is 17.9. The van der Waals surface area contributed by atoms with E-state index in [-0.39, 0.29) is 17.4 Å². The largest absolute Gasteiger partial charge is 0.378 e. The predicted molar refractivity (Wildman–Crippen MR) is 107 cm³/mol. The lowest BCUT2D eigenvalue weighted by Gasteiger charge is -2.21. The molecule has 1 amide bonds. The van der Waals surface area contributed by atoms with Gasteiger partial charge in [-0.3, -0.25) is 9.63 Å². The van der Waals surface area contributed by atoms with Crippen molar-refractivity contribution < 1.29 is 14.4 Å². The molecule has 0 aliphatic heterocycles. The highest BCUT2D eigenvalue weighted by Crippen LogP contribution is 2.33. The Hall–Kier alpha value is -2.09. The maximum atomic E-state index is 12.3. The molecule has 0 saturated carbocycles. The van der Waals surface area contributed by atoms with Gasteiger partial charge in [-0.05, 0) is 32.4 Å². The van der Waals surface area contributed by atoms with Gasteiger partial charge in [-0.15, -0.1) is 10.2 Å². The molecular formula is C20H27N3O3S. The van der Waals surface area contributed by atoms with Crippen LogP contribution in [0.25, 0.3) is 0 Å². The average molecular weight is 390 g/mol. The SMILES string of the molecule is C/C=C/CC(C)(C)c1nnc(C(ONC(=O)c2ccccc2)C(C)OC)s1. The summed E-state index contributed by atoms with van der Waals surface area (Å²) < 4.78 is 5.42. The summed E-state index contributed by atoms with van der Waals surface area (Å²) in [5, 5.41) is 10.2. The number of rotatable bonds is 9. The molecule has 0 aliphatic rings. The number of carbonyl (C=O) groups excluding carboxylic acids is 1.